The van der Waals surface area contributed by atoms with Crippen LogP contribution in [0.15, 0.2) is 54.7 Å². The van der Waals surface area contributed by atoms with E-state index in [9.17, 15) is 9.59 Å². The summed E-state index contributed by atoms with van der Waals surface area (Å²) in [6.45, 7) is 0.566. The molecule has 5 rings (SSSR count). The minimum absolute atomic E-state index is 0.00308. The van der Waals surface area contributed by atoms with Crippen molar-refractivity contribution < 1.29 is 9.59 Å². The third kappa shape index (κ3) is 4.65. The first-order chi connectivity index (χ1) is 16.1. The van der Waals surface area contributed by atoms with Gasteiger partial charge in [-0.05, 0) is 61.6 Å². The van der Waals surface area contributed by atoms with Gasteiger partial charge in [0.1, 0.15) is 0 Å². The van der Waals surface area contributed by atoms with E-state index in [1.807, 2.05) is 24.4 Å². The molecule has 2 aromatic heterocycles. The maximum atomic E-state index is 13.0. The molecule has 0 aliphatic heterocycles. The van der Waals surface area contributed by atoms with Crippen LogP contribution in [0.5, 0.6) is 0 Å². The molecule has 3 N–H and O–H groups in total. The number of amides is 2. The molecule has 2 amide bonds. The molecule has 8 heteroatoms. The number of halogens is 1. The number of hydrogen-bond acceptors (Lipinski definition) is 4. The molecule has 33 heavy (non-hydrogen) atoms. The molecule has 2 heterocycles. The fraction of sp³-hybridized carbons (Fsp3) is 0.240. The summed E-state index contributed by atoms with van der Waals surface area (Å²) in [5.41, 5.74) is 3.60. The molecule has 0 radical (unpaired) electrons. The number of anilines is 1. The fourth-order valence-corrected chi connectivity index (χ4v) is 5.47. The number of aromatic amines is 1. The number of aromatic nitrogens is 2. The number of carbonyl (C=O) groups excluding carboxylic acids is 2. The van der Waals surface area contributed by atoms with Gasteiger partial charge in [0.2, 0.25) is 5.91 Å². The van der Waals surface area contributed by atoms with Crippen molar-refractivity contribution in [3.8, 4) is 0 Å². The molecule has 0 fully saturated rings. The Bertz CT molecular complexity index is 1310. The van der Waals surface area contributed by atoms with E-state index in [2.05, 4.69) is 26.7 Å². The summed E-state index contributed by atoms with van der Waals surface area (Å²) < 4.78 is 0. The van der Waals surface area contributed by atoms with Crippen molar-refractivity contribution in [1.29, 1.82) is 0 Å². The highest BCUT2D eigenvalue weighted by molar-refractivity contribution is 7.16. The highest BCUT2D eigenvalue weighted by atomic mass is 35.5. The number of nitrogens with one attached hydrogen (secondary N) is 3. The lowest BCUT2D eigenvalue weighted by Gasteiger charge is -2.20. The van der Waals surface area contributed by atoms with Gasteiger partial charge in [-0.3, -0.25) is 14.9 Å². The topological polar surface area (TPSA) is 86.9 Å². The molecule has 1 aliphatic carbocycles. The molecular formula is C25H23ClN4O2S. The van der Waals surface area contributed by atoms with Gasteiger partial charge < -0.3 is 10.3 Å². The van der Waals surface area contributed by atoms with Crippen LogP contribution in [-0.4, -0.2) is 28.3 Å². The van der Waals surface area contributed by atoms with E-state index in [4.69, 9.17) is 11.6 Å². The molecule has 0 unspecified atom stereocenters. The van der Waals surface area contributed by atoms with Crippen LogP contribution in [0.1, 0.15) is 45.3 Å². The molecule has 0 bridgehead atoms. The average molecular weight is 479 g/mol. The number of hydrogen-bond donors (Lipinski definition) is 3. The Balaban J connectivity index is 1.23. The van der Waals surface area contributed by atoms with Crippen LogP contribution in [0.2, 0.25) is 5.02 Å². The second-order valence-electron chi connectivity index (χ2n) is 8.13. The smallest absolute Gasteiger partial charge is 0.257 e. The molecule has 6 nitrogen and oxygen atoms in total. The quantitative estimate of drug-likeness (QED) is 0.351. The summed E-state index contributed by atoms with van der Waals surface area (Å²) in [5, 5.41) is 8.24. The second-order valence-corrected chi connectivity index (χ2v) is 9.65. The van der Waals surface area contributed by atoms with Crippen molar-refractivity contribution in [2.75, 3.05) is 11.9 Å². The van der Waals surface area contributed by atoms with Crippen LogP contribution in [0.3, 0.4) is 0 Å². The summed E-state index contributed by atoms with van der Waals surface area (Å²) in [6.07, 6.45) is 5.34. The average Bonchev–Trinajstić information content (AvgIpc) is 3.43. The van der Waals surface area contributed by atoms with E-state index >= 15 is 0 Å². The van der Waals surface area contributed by atoms with E-state index < -0.39 is 0 Å². The Morgan fingerprint density at radius 1 is 1.15 bits per heavy atom. The zero-order valence-electron chi connectivity index (χ0n) is 17.9. The molecule has 0 spiro atoms. The first-order valence-electron chi connectivity index (χ1n) is 11.0. The molecule has 2 aromatic carbocycles. The monoisotopic (exact) mass is 478 g/mol. The number of benzene rings is 2. The summed E-state index contributed by atoms with van der Waals surface area (Å²) in [4.78, 5) is 34.5. The highest BCUT2D eigenvalue weighted by Crippen LogP contribution is 2.37. The third-order valence-corrected chi connectivity index (χ3v) is 7.26. The first-order valence-corrected chi connectivity index (χ1v) is 12.2. The van der Waals surface area contributed by atoms with Gasteiger partial charge in [-0.15, -0.1) is 11.3 Å². The zero-order valence-corrected chi connectivity index (χ0v) is 19.4. The lowest BCUT2D eigenvalue weighted by Crippen LogP contribution is -2.32. The van der Waals surface area contributed by atoms with Gasteiger partial charge in [0.15, 0.2) is 5.13 Å². The predicted molar refractivity (Wildman–Crippen MR) is 132 cm³/mol. The molecule has 1 aliphatic rings. The van der Waals surface area contributed by atoms with Gasteiger partial charge in [-0.2, -0.15) is 0 Å². The molecule has 0 saturated carbocycles. The third-order valence-electron chi connectivity index (χ3n) is 5.97. The van der Waals surface area contributed by atoms with Gasteiger partial charge in [-0.25, -0.2) is 4.98 Å². The number of nitrogens with zero attached hydrogens (tertiary/aromatic N) is 1. The number of fused-ring (bicyclic) bond motifs is 2. The van der Waals surface area contributed by atoms with Crippen molar-refractivity contribution in [3.05, 3.63) is 81.4 Å². The molecule has 4 aromatic rings. The van der Waals surface area contributed by atoms with Crippen molar-refractivity contribution in [2.24, 2.45) is 0 Å². The van der Waals surface area contributed by atoms with Gasteiger partial charge in [0.05, 0.1) is 11.6 Å². The van der Waals surface area contributed by atoms with E-state index in [-0.39, 0.29) is 17.7 Å². The largest absolute Gasteiger partial charge is 0.361 e. The molecular weight excluding hydrogens is 456 g/mol. The van der Waals surface area contributed by atoms with Gasteiger partial charge in [-0.1, -0.05) is 29.8 Å². The number of carbonyl (C=O) groups is 2. The number of rotatable bonds is 6. The SMILES string of the molecule is O=C(Nc1nc2c(s1)CCC[C@H]2C(=O)NCCc1c[nH]c2ccccc12)c1ccc(Cl)cc1. The normalized spacial score (nSPS) is 15.2. The van der Waals surface area contributed by atoms with Crippen LogP contribution in [0.25, 0.3) is 10.9 Å². The Kier molecular flexibility index (Phi) is 6.15. The minimum atomic E-state index is -0.283. The van der Waals surface area contributed by atoms with Crippen molar-refractivity contribution >= 4 is 50.8 Å². The Hall–Kier alpha value is -3.16. The minimum Gasteiger partial charge on any atom is -0.361 e. The first kappa shape index (κ1) is 21.7. The Labute approximate surface area is 200 Å². The van der Waals surface area contributed by atoms with Crippen LogP contribution in [0, 0.1) is 0 Å². The number of thiazole rings is 1. The lowest BCUT2D eigenvalue weighted by atomic mass is 9.90. The van der Waals surface area contributed by atoms with E-state index in [0.29, 0.717) is 22.3 Å². The molecule has 1 atom stereocenters. The van der Waals surface area contributed by atoms with Crippen molar-refractivity contribution in [1.82, 2.24) is 15.3 Å². The second kappa shape index (κ2) is 9.37. The van der Waals surface area contributed by atoms with Gasteiger partial charge >= 0.3 is 0 Å². The summed E-state index contributed by atoms with van der Waals surface area (Å²) >= 11 is 7.35. The standard InChI is InChI=1S/C25H23ClN4O2S/c26-17-10-8-15(9-11-17)23(31)30-25-29-22-19(5-3-7-21(22)33-25)24(32)27-13-12-16-14-28-20-6-2-1-4-18(16)20/h1-2,4,6,8-11,14,19,28H,3,5,7,12-13H2,(H,27,32)(H,29,30,31)/t19-/m1/s1. The molecule has 0 saturated heterocycles. The predicted octanol–water partition coefficient (Wildman–Crippen LogP) is 5.31. The van der Waals surface area contributed by atoms with Crippen LogP contribution < -0.4 is 10.6 Å². The summed E-state index contributed by atoms with van der Waals surface area (Å²) in [5.74, 6) is -0.525. The number of aryl methyl sites for hydroxylation is 1. The highest BCUT2D eigenvalue weighted by Gasteiger charge is 2.30. The number of para-hydroxylation sites is 1. The Morgan fingerprint density at radius 3 is 2.82 bits per heavy atom. The van der Waals surface area contributed by atoms with Crippen LogP contribution in [0.4, 0.5) is 5.13 Å². The lowest BCUT2D eigenvalue weighted by molar-refractivity contribution is -0.122. The maximum absolute atomic E-state index is 13.0. The number of H-pyrrole nitrogens is 1. The zero-order chi connectivity index (χ0) is 22.8. The van der Waals surface area contributed by atoms with E-state index in [0.717, 1.165) is 41.8 Å². The van der Waals surface area contributed by atoms with Gasteiger partial charge in [0.25, 0.3) is 5.91 Å². The van der Waals surface area contributed by atoms with Gasteiger partial charge in [0, 0.05) is 39.1 Å². The van der Waals surface area contributed by atoms with E-state index in [1.165, 1.54) is 22.3 Å². The van der Waals surface area contributed by atoms with Crippen LogP contribution in [-0.2, 0) is 17.6 Å². The Morgan fingerprint density at radius 2 is 1.97 bits per heavy atom. The fourth-order valence-electron chi connectivity index (χ4n) is 4.28. The van der Waals surface area contributed by atoms with Crippen molar-refractivity contribution in [2.45, 2.75) is 31.6 Å². The van der Waals surface area contributed by atoms with E-state index in [1.54, 1.807) is 24.3 Å². The summed E-state index contributed by atoms with van der Waals surface area (Å²) in [7, 11) is 0. The van der Waals surface area contributed by atoms with Crippen molar-refractivity contribution in [3.63, 3.8) is 0 Å². The molecule has 168 valence electrons. The van der Waals surface area contributed by atoms with Crippen LogP contribution >= 0.6 is 22.9 Å². The summed E-state index contributed by atoms with van der Waals surface area (Å²) in [6, 6.07) is 14.9. The maximum Gasteiger partial charge on any atom is 0.257 e.